The summed E-state index contributed by atoms with van der Waals surface area (Å²) in [5, 5.41) is 7.47. The van der Waals surface area contributed by atoms with Crippen LogP contribution in [-0.2, 0) is 6.54 Å². The lowest BCUT2D eigenvalue weighted by molar-refractivity contribution is 0.350. The summed E-state index contributed by atoms with van der Waals surface area (Å²) in [6, 6.07) is 2.49. The molecule has 0 aromatic carbocycles. The Balaban J connectivity index is 2.37. The Morgan fingerprint density at radius 1 is 1.19 bits per heavy atom. The van der Waals surface area contributed by atoms with Crippen molar-refractivity contribution in [3.8, 4) is 0 Å². The van der Waals surface area contributed by atoms with Crippen LogP contribution < -0.4 is 5.32 Å². The summed E-state index contributed by atoms with van der Waals surface area (Å²) in [5.74, 6) is 1.46. The molecule has 3 nitrogen and oxygen atoms in total. The number of nitrogens with zero attached hydrogens (tertiary/aromatic N) is 1. The molecule has 0 saturated carbocycles. The van der Waals surface area contributed by atoms with Crippen LogP contribution in [0.5, 0.6) is 0 Å². The summed E-state index contributed by atoms with van der Waals surface area (Å²) in [6.07, 6.45) is 4.06. The predicted molar refractivity (Wildman–Crippen MR) is 66.0 cm³/mol. The van der Waals surface area contributed by atoms with Crippen LogP contribution in [0.2, 0.25) is 0 Å². The third-order valence-corrected chi connectivity index (χ3v) is 2.57. The van der Waals surface area contributed by atoms with Crippen LogP contribution in [0, 0.1) is 11.8 Å². The van der Waals surface area contributed by atoms with Crippen LogP contribution in [-0.4, -0.2) is 11.2 Å². The molecule has 0 unspecified atom stereocenters. The minimum Gasteiger partial charge on any atom is -0.364 e. The first-order valence-electron chi connectivity index (χ1n) is 6.20. The standard InChI is InChI=1S/C13H24N2O/c1-10(2)7-13(8-11(3)4)14-9-12-5-6-16-15-12/h5-6,10-11,13-14H,7-9H2,1-4H3. The van der Waals surface area contributed by atoms with Crippen LogP contribution in [0.15, 0.2) is 16.9 Å². The maximum absolute atomic E-state index is 4.82. The fraction of sp³-hybridized carbons (Fsp3) is 0.769. The minimum absolute atomic E-state index is 0.580. The molecule has 1 heterocycles. The van der Waals surface area contributed by atoms with E-state index in [4.69, 9.17) is 4.52 Å². The van der Waals surface area contributed by atoms with E-state index in [9.17, 15) is 0 Å². The highest BCUT2D eigenvalue weighted by Gasteiger charge is 2.12. The normalized spacial score (nSPS) is 11.9. The molecule has 16 heavy (non-hydrogen) atoms. The molecule has 0 fully saturated rings. The second kappa shape index (κ2) is 6.69. The second-order valence-electron chi connectivity index (χ2n) is 5.33. The van der Waals surface area contributed by atoms with Gasteiger partial charge in [-0.15, -0.1) is 0 Å². The van der Waals surface area contributed by atoms with E-state index in [-0.39, 0.29) is 0 Å². The number of rotatable bonds is 7. The average molecular weight is 224 g/mol. The van der Waals surface area contributed by atoms with Gasteiger partial charge in [-0.1, -0.05) is 32.9 Å². The summed E-state index contributed by atoms with van der Waals surface area (Å²) in [6.45, 7) is 9.88. The van der Waals surface area contributed by atoms with Crippen LogP contribution in [0.1, 0.15) is 46.2 Å². The zero-order chi connectivity index (χ0) is 12.0. The van der Waals surface area contributed by atoms with Gasteiger partial charge in [0, 0.05) is 18.7 Å². The van der Waals surface area contributed by atoms with Crippen LogP contribution >= 0.6 is 0 Å². The van der Waals surface area contributed by atoms with Crippen LogP contribution in [0.3, 0.4) is 0 Å². The third-order valence-electron chi connectivity index (χ3n) is 2.57. The molecule has 0 aliphatic carbocycles. The largest absolute Gasteiger partial charge is 0.364 e. The lowest BCUT2D eigenvalue weighted by atomic mass is 9.95. The molecule has 1 rings (SSSR count). The number of aromatic nitrogens is 1. The first-order valence-corrected chi connectivity index (χ1v) is 6.20. The van der Waals surface area contributed by atoms with Crippen molar-refractivity contribution in [3.63, 3.8) is 0 Å². The van der Waals surface area contributed by atoms with E-state index in [0.717, 1.165) is 24.1 Å². The topological polar surface area (TPSA) is 38.1 Å². The van der Waals surface area contributed by atoms with E-state index in [2.05, 4.69) is 38.2 Å². The van der Waals surface area contributed by atoms with Crippen molar-refractivity contribution in [1.29, 1.82) is 0 Å². The molecule has 1 aromatic rings. The Morgan fingerprint density at radius 2 is 1.81 bits per heavy atom. The van der Waals surface area contributed by atoms with Crippen LogP contribution in [0.4, 0.5) is 0 Å². The smallest absolute Gasteiger partial charge is 0.124 e. The zero-order valence-electron chi connectivity index (χ0n) is 10.9. The van der Waals surface area contributed by atoms with Gasteiger partial charge in [-0.2, -0.15) is 0 Å². The summed E-state index contributed by atoms with van der Waals surface area (Å²) >= 11 is 0. The van der Waals surface area contributed by atoms with E-state index < -0.39 is 0 Å². The molecule has 1 aromatic heterocycles. The van der Waals surface area contributed by atoms with Crippen molar-refractivity contribution < 1.29 is 4.52 Å². The van der Waals surface area contributed by atoms with Gasteiger partial charge in [-0.05, 0) is 24.7 Å². The van der Waals surface area contributed by atoms with Crippen molar-refractivity contribution in [1.82, 2.24) is 10.5 Å². The fourth-order valence-corrected chi connectivity index (χ4v) is 1.98. The van der Waals surface area contributed by atoms with E-state index in [1.807, 2.05) is 6.07 Å². The van der Waals surface area contributed by atoms with Gasteiger partial charge in [0.25, 0.3) is 0 Å². The Kier molecular flexibility index (Phi) is 5.53. The van der Waals surface area contributed by atoms with Gasteiger partial charge < -0.3 is 9.84 Å². The highest BCUT2D eigenvalue weighted by Crippen LogP contribution is 2.13. The molecule has 0 radical (unpaired) electrons. The summed E-state index contributed by atoms with van der Waals surface area (Å²) in [7, 11) is 0. The van der Waals surface area contributed by atoms with Gasteiger partial charge in [0.1, 0.15) is 6.26 Å². The van der Waals surface area contributed by atoms with Gasteiger partial charge in [0.2, 0.25) is 0 Å². The maximum atomic E-state index is 4.82. The molecule has 0 amide bonds. The second-order valence-corrected chi connectivity index (χ2v) is 5.33. The summed E-state index contributed by atoms with van der Waals surface area (Å²) < 4.78 is 4.82. The molecule has 0 aliphatic rings. The van der Waals surface area contributed by atoms with Gasteiger partial charge in [0.15, 0.2) is 0 Å². The number of hydrogen-bond acceptors (Lipinski definition) is 3. The Hall–Kier alpha value is -0.830. The van der Waals surface area contributed by atoms with E-state index in [1.165, 1.54) is 12.8 Å². The number of hydrogen-bond donors (Lipinski definition) is 1. The first kappa shape index (κ1) is 13.2. The predicted octanol–water partition coefficient (Wildman–Crippen LogP) is 3.23. The number of nitrogens with one attached hydrogen (secondary N) is 1. The lowest BCUT2D eigenvalue weighted by Crippen LogP contribution is -2.31. The molecular formula is C13H24N2O. The molecule has 3 heteroatoms. The molecule has 1 N–H and O–H groups in total. The molecular weight excluding hydrogens is 200 g/mol. The van der Waals surface area contributed by atoms with Gasteiger partial charge in [-0.25, -0.2) is 0 Å². The Morgan fingerprint density at radius 3 is 2.25 bits per heavy atom. The fourth-order valence-electron chi connectivity index (χ4n) is 1.98. The highest BCUT2D eigenvalue weighted by atomic mass is 16.5. The monoisotopic (exact) mass is 224 g/mol. The molecule has 0 saturated heterocycles. The van der Waals surface area contributed by atoms with Gasteiger partial charge in [-0.3, -0.25) is 0 Å². The Bertz CT molecular complexity index is 257. The third kappa shape index (κ3) is 5.31. The lowest BCUT2D eigenvalue weighted by Gasteiger charge is -2.21. The zero-order valence-corrected chi connectivity index (χ0v) is 10.9. The average Bonchev–Trinajstić information content (AvgIpc) is 2.64. The first-order chi connectivity index (χ1) is 7.58. The van der Waals surface area contributed by atoms with Gasteiger partial charge >= 0.3 is 0 Å². The summed E-state index contributed by atoms with van der Waals surface area (Å²) in [5.41, 5.74) is 0.984. The van der Waals surface area contributed by atoms with Crippen molar-refractivity contribution in [3.05, 3.63) is 18.0 Å². The minimum atomic E-state index is 0.580. The van der Waals surface area contributed by atoms with Gasteiger partial charge in [0.05, 0.1) is 5.69 Å². The molecule has 0 bridgehead atoms. The molecule has 92 valence electrons. The molecule has 0 spiro atoms. The van der Waals surface area contributed by atoms with E-state index >= 15 is 0 Å². The molecule has 0 atom stereocenters. The molecule has 0 aliphatic heterocycles. The Labute approximate surface area is 98.6 Å². The van der Waals surface area contributed by atoms with Crippen molar-refractivity contribution in [2.45, 2.75) is 53.1 Å². The van der Waals surface area contributed by atoms with Crippen molar-refractivity contribution >= 4 is 0 Å². The van der Waals surface area contributed by atoms with E-state index in [1.54, 1.807) is 6.26 Å². The SMILES string of the molecule is CC(C)CC(CC(C)C)NCc1ccon1. The van der Waals surface area contributed by atoms with Crippen molar-refractivity contribution in [2.75, 3.05) is 0 Å². The van der Waals surface area contributed by atoms with Crippen molar-refractivity contribution in [2.24, 2.45) is 11.8 Å². The quantitative estimate of drug-likeness (QED) is 0.772. The highest BCUT2D eigenvalue weighted by molar-refractivity contribution is 4.94. The van der Waals surface area contributed by atoms with E-state index in [0.29, 0.717) is 6.04 Å². The summed E-state index contributed by atoms with van der Waals surface area (Å²) in [4.78, 5) is 0. The van der Waals surface area contributed by atoms with Crippen LogP contribution in [0.25, 0.3) is 0 Å². The maximum Gasteiger partial charge on any atom is 0.124 e.